The molecule has 6 rings (SSSR count). The third kappa shape index (κ3) is 2.44. The van der Waals surface area contributed by atoms with Crippen molar-refractivity contribution >= 4 is 16.8 Å². The maximum absolute atomic E-state index is 13.4. The van der Waals surface area contributed by atoms with Crippen molar-refractivity contribution < 1.29 is 14.0 Å². The molecule has 3 aromatic rings. The van der Waals surface area contributed by atoms with Crippen molar-refractivity contribution in [2.24, 2.45) is 5.92 Å². The minimum atomic E-state index is -0.236. The molecule has 4 atom stereocenters. The van der Waals surface area contributed by atoms with E-state index >= 15 is 0 Å². The van der Waals surface area contributed by atoms with Crippen LogP contribution in [0.25, 0.3) is 22.0 Å². The summed E-state index contributed by atoms with van der Waals surface area (Å²) in [5, 5.41) is 3.08. The molecular weight excluding hydrogens is 381 g/mol. The Balaban J connectivity index is 1.47. The number of H-pyrrole nitrogens is 1. The van der Waals surface area contributed by atoms with Crippen LogP contribution in [0.5, 0.6) is 0 Å². The number of rotatable bonds is 1. The van der Waals surface area contributed by atoms with Gasteiger partial charge in [-0.15, -0.1) is 0 Å². The predicted molar refractivity (Wildman–Crippen MR) is 112 cm³/mol. The van der Waals surface area contributed by atoms with Gasteiger partial charge in [0.1, 0.15) is 5.82 Å². The Bertz CT molecular complexity index is 1160. The Morgan fingerprint density at radius 3 is 2.77 bits per heavy atom. The van der Waals surface area contributed by atoms with E-state index in [2.05, 4.69) is 28.1 Å². The molecule has 0 saturated carbocycles. The van der Waals surface area contributed by atoms with E-state index in [9.17, 15) is 9.18 Å². The van der Waals surface area contributed by atoms with Crippen LogP contribution in [0, 0.1) is 11.7 Å². The summed E-state index contributed by atoms with van der Waals surface area (Å²) in [6, 6.07) is 13.0. The van der Waals surface area contributed by atoms with Crippen LogP contribution in [0.15, 0.2) is 42.5 Å². The summed E-state index contributed by atoms with van der Waals surface area (Å²) in [5.41, 5.74) is 5.55. The van der Waals surface area contributed by atoms with Gasteiger partial charge in [-0.1, -0.05) is 30.3 Å². The van der Waals surface area contributed by atoms with Gasteiger partial charge in [-0.25, -0.2) is 4.39 Å². The fourth-order valence-electron chi connectivity index (χ4n) is 5.80. The van der Waals surface area contributed by atoms with Gasteiger partial charge in [0.05, 0.1) is 29.6 Å². The number of hydrogen-bond donors (Lipinski definition) is 1. The number of halogens is 1. The third-order valence-electron chi connectivity index (χ3n) is 7.19. The molecule has 154 valence electrons. The number of fused-ring (bicyclic) bond motifs is 6. The summed E-state index contributed by atoms with van der Waals surface area (Å²) in [5.74, 6) is -0.122. The summed E-state index contributed by atoms with van der Waals surface area (Å²) in [6.45, 7) is 2.73. The zero-order chi connectivity index (χ0) is 20.6. The smallest absolute Gasteiger partial charge is 0.230 e. The highest BCUT2D eigenvalue weighted by atomic mass is 19.1. The molecule has 0 aliphatic carbocycles. The number of amides is 1. The summed E-state index contributed by atoms with van der Waals surface area (Å²) < 4.78 is 13.4. The first-order valence-electron chi connectivity index (χ1n) is 10.6. The first-order chi connectivity index (χ1) is 14.5. The van der Waals surface area contributed by atoms with Gasteiger partial charge in [-0.2, -0.15) is 5.06 Å². The lowest BCUT2D eigenvalue weighted by molar-refractivity contribution is -0.146. The number of nitrogens with one attached hydrogen (secondary N) is 1. The number of benzene rings is 2. The molecule has 5 nitrogen and oxygen atoms in total. The Labute approximate surface area is 174 Å². The minimum absolute atomic E-state index is 0.0346. The van der Waals surface area contributed by atoms with E-state index in [0.717, 1.165) is 41.7 Å². The van der Waals surface area contributed by atoms with Crippen molar-refractivity contribution in [3.8, 4) is 11.1 Å². The number of para-hydroxylation sites is 1. The molecule has 0 bridgehead atoms. The van der Waals surface area contributed by atoms with Crippen molar-refractivity contribution in [3.63, 3.8) is 0 Å². The van der Waals surface area contributed by atoms with Crippen molar-refractivity contribution in [1.82, 2.24) is 14.9 Å². The summed E-state index contributed by atoms with van der Waals surface area (Å²) in [7, 11) is 1.94. The molecule has 0 unspecified atom stereocenters. The zero-order valence-electron chi connectivity index (χ0n) is 17.1. The van der Waals surface area contributed by atoms with Gasteiger partial charge in [-0.05, 0) is 43.0 Å². The number of hydrogen-bond acceptors (Lipinski definition) is 3. The number of aromatic amines is 1. The van der Waals surface area contributed by atoms with E-state index in [1.54, 1.807) is 0 Å². The van der Waals surface area contributed by atoms with E-state index in [-0.39, 0.29) is 35.8 Å². The van der Waals surface area contributed by atoms with Gasteiger partial charge >= 0.3 is 0 Å². The average Bonchev–Trinajstić information content (AvgIpc) is 3.26. The van der Waals surface area contributed by atoms with Crippen molar-refractivity contribution in [2.75, 3.05) is 13.6 Å². The predicted octanol–water partition coefficient (Wildman–Crippen LogP) is 4.05. The van der Waals surface area contributed by atoms with Gasteiger partial charge < -0.3 is 9.88 Å². The zero-order valence-corrected chi connectivity index (χ0v) is 17.1. The number of nitrogens with zero attached hydrogens (tertiary/aromatic N) is 2. The highest BCUT2D eigenvalue weighted by molar-refractivity contribution is 5.97. The topological polar surface area (TPSA) is 48.6 Å². The molecule has 2 aromatic carbocycles. The van der Waals surface area contributed by atoms with Crippen molar-refractivity contribution in [3.05, 3.63) is 59.5 Å². The average molecular weight is 405 g/mol. The van der Waals surface area contributed by atoms with Crippen LogP contribution in [-0.4, -0.2) is 46.6 Å². The Kier molecular flexibility index (Phi) is 3.86. The van der Waals surface area contributed by atoms with Crippen LogP contribution >= 0.6 is 0 Å². The largest absolute Gasteiger partial charge is 0.356 e. The van der Waals surface area contributed by atoms with Gasteiger partial charge in [0, 0.05) is 30.2 Å². The third-order valence-corrected chi connectivity index (χ3v) is 7.19. The number of carbonyl (C=O) groups excluding carboxylic acids is 1. The second kappa shape index (κ2) is 6.40. The van der Waals surface area contributed by atoms with Crippen LogP contribution < -0.4 is 0 Å². The van der Waals surface area contributed by atoms with Crippen LogP contribution in [0.1, 0.15) is 30.6 Å². The maximum Gasteiger partial charge on any atom is 0.230 e. The molecule has 6 heteroatoms. The molecule has 2 fully saturated rings. The molecule has 3 aliphatic heterocycles. The lowest BCUT2D eigenvalue weighted by atomic mass is 9.80. The fourth-order valence-corrected chi connectivity index (χ4v) is 5.80. The van der Waals surface area contributed by atoms with E-state index in [0.29, 0.717) is 0 Å². The van der Waals surface area contributed by atoms with Crippen LogP contribution in [0.4, 0.5) is 4.39 Å². The van der Waals surface area contributed by atoms with Crippen LogP contribution in [0.3, 0.4) is 0 Å². The first kappa shape index (κ1) is 18.1. The van der Waals surface area contributed by atoms with E-state index in [4.69, 9.17) is 4.84 Å². The summed E-state index contributed by atoms with van der Waals surface area (Å²) in [6.07, 6.45) is 1.62. The molecule has 3 aliphatic rings. The first-order valence-corrected chi connectivity index (χ1v) is 10.6. The Morgan fingerprint density at radius 2 is 1.97 bits per heavy atom. The second-order valence-corrected chi connectivity index (χ2v) is 8.74. The Morgan fingerprint density at radius 1 is 1.17 bits per heavy atom. The molecule has 4 heterocycles. The maximum atomic E-state index is 13.4. The lowest BCUT2D eigenvalue weighted by Gasteiger charge is -2.44. The minimum Gasteiger partial charge on any atom is -0.356 e. The van der Waals surface area contributed by atoms with Gasteiger partial charge in [0.25, 0.3) is 0 Å². The Hall–Kier alpha value is -2.70. The molecule has 1 amide bonds. The van der Waals surface area contributed by atoms with Crippen LogP contribution in [-0.2, 0) is 16.1 Å². The van der Waals surface area contributed by atoms with E-state index in [1.807, 2.05) is 31.2 Å². The van der Waals surface area contributed by atoms with Gasteiger partial charge in [0.15, 0.2) is 0 Å². The quantitative estimate of drug-likeness (QED) is 0.664. The number of piperidine rings is 1. The van der Waals surface area contributed by atoms with E-state index in [1.165, 1.54) is 23.1 Å². The molecule has 0 spiro atoms. The normalized spacial score (nSPS) is 28.5. The SMILES string of the molecule is C[C@@H]1ON(C)[C@H]2C[C@H]3c4[nH]c5c(-c6ccc(F)cc6)cccc5c4CCN3C(=O)[C@@H]12. The molecule has 2 saturated heterocycles. The van der Waals surface area contributed by atoms with Gasteiger partial charge in [-0.3, -0.25) is 9.63 Å². The fraction of sp³-hybridized carbons (Fsp3) is 0.375. The van der Waals surface area contributed by atoms with Crippen molar-refractivity contribution in [1.29, 1.82) is 0 Å². The van der Waals surface area contributed by atoms with Gasteiger partial charge in [0.2, 0.25) is 5.91 Å². The summed E-state index contributed by atoms with van der Waals surface area (Å²) >= 11 is 0. The number of carbonyl (C=O) groups is 1. The molecule has 1 N–H and O–H groups in total. The molecule has 0 radical (unpaired) electrons. The second-order valence-electron chi connectivity index (χ2n) is 8.74. The molecular formula is C24H24FN3O2. The lowest BCUT2D eigenvalue weighted by Crippen LogP contribution is -2.54. The standard InChI is InChI=1S/C24H24FN3O2/c1-13-21-19(27(2)30-13)12-20-23-18(10-11-28(20)24(21)29)17-5-3-4-16(22(17)26-23)14-6-8-15(25)9-7-14/h3-9,13,19-21,26H,10-12H2,1-2H3/t13-,19-,20-,21-/m0/s1. The number of hydroxylamine groups is 2. The highest BCUT2D eigenvalue weighted by Crippen LogP contribution is 2.46. The van der Waals surface area contributed by atoms with Crippen LogP contribution in [0.2, 0.25) is 0 Å². The molecule has 1 aromatic heterocycles. The van der Waals surface area contributed by atoms with E-state index < -0.39 is 0 Å². The molecule has 30 heavy (non-hydrogen) atoms. The highest BCUT2D eigenvalue weighted by Gasteiger charge is 2.53. The monoisotopic (exact) mass is 405 g/mol. The summed E-state index contributed by atoms with van der Waals surface area (Å²) in [4.78, 5) is 24.9. The number of aromatic nitrogens is 1. The van der Waals surface area contributed by atoms with Crippen molar-refractivity contribution in [2.45, 2.75) is 38.0 Å².